The molecular formula is C14H23N3O3. The average molecular weight is 281 g/mol. The molecule has 0 aromatic carbocycles. The molecule has 0 aromatic rings. The molecule has 112 valence electrons. The van der Waals surface area contributed by atoms with Gasteiger partial charge in [0.2, 0.25) is 0 Å². The number of carboxylic acids is 1. The van der Waals surface area contributed by atoms with Gasteiger partial charge >= 0.3 is 12.0 Å². The Bertz CT molecular complexity index is 395. The number of nitrogens with one attached hydrogen (secondary N) is 1. The maximum Gasteiger partial charge on any atom is 0.317 e. The van der Waals surface area contributed by atoms with Crippen molar-refractivity contribution < 1.29 is 14.7 Å². The van der Waals surface area contributed by atoms with E-state index in [-0.39, 0.29) is 24.4 Å². The average Bonchev–Trinajstić information content (AvgIpc) is 2.76. The predicted molar refractivity (Wildman–Crippen MR) is 73.5 cm³/mol. The van der Waals surface area contributed by atoms with Crippen LogP contribution in [0.2, 0.25) is 0 Å². The first-order valence-corrected chi connectivity index (χ1v) is 7.65. The Morgan fingerprint density at radius 1 is 1.15 bits per heavy atom. The number of carboxylic acid groups (broad SMARTS) is 1. The summed E-state index contributed by atoms with van der Waals surface area (Å²) in [5, 5.41) is 11.9. The summed E-state index contributed by atoms with van der Waals surface area (Å²) in [5.41, 5.74) is 0. The number of nitrogens with zero attached hydrogens (tertiary/aromatic N) is 2. The molecule has 20 heavy (non-hydrogen) atoms. The maximum absolute atomic E-state index is 12.1. The first kappa shape index (κ1) is 13.7. The molecule has 3 saturated heterocycles. The van der Waals surface area contributed by atoms with Crippen LogP contribution in [0.25, 0.3) is 0 Å². The summed E-state index contributed by atoms with van der Waals surface area (Å²) in [6.07, 6.45) is 4.94. The second-order valence-electron chi connectivity index (χ2n) is 6.31. The molecule has 3 aliphatic rings. The van der Waals surface area contributed by atoms with Gasteiger partial charge < -0.3 is 15.3 Å². The van der Waals surface area contributed by atoms with Crippen molar-refractivity contribution in [2.75, 3.05) is 26.2 Å². The molecule has 2 unspecified atom stereocenters. The van der Waals surface area contributed by atoms with E-state index in [9.17, 15) is 9.59 Å². The minimum absolute atomic E-state index is 0.0101. The lowest BCUT2D eigenvalue weighted by atomic mass is 9.96. The third kappa shape index (κ3) is 2.75. The van der Waals surface area contributed by atoms with Crippen LogP contribution in [-0.2, 0) is 4.79 Å². The van der Waals surface area contributed by atoms with E-state index < -0.39 is 5.97 Å². The molecular weight excluding hydrogens is 258 g/mol. The number of piperidine rings is 1. The zero-order chi connectivity index (χ0) is 14.1. The molecule has 3 heterocycles. The van der Waals surface area contributed by atoms with Gasteiger partial charge in [-0.3, -0.25) is 9.69 Å². The smallest absolute Gasteiger partial charge is 0.317 e. The van der Waals surface area contributed by atoms with E-state index in [1.807, 2.05) is 0 Å². The van der Waals surface area contributed by atoms with Crippen molar-refractivity contribution in [1.29, 1.82) is 0 Å². The van der Waals surface area contributed by atoms with Gasteiger partial charge in [-0.15, -0.1) is 0 Å². The lowest BCUT2D eigenvalue weighted by Crippen LogP contribution is -2.57. The number of fused-ring (bicyclic) bond motifs is 1. The van der Waals surface area contributed by atoms with Crippen LogP contribution in [0.4, 0.5) is 4.79 Å². The predicted octanol–water partition coefficient (Wildman–Crippen LogP) is 0.729. The zero-order valence-electron chi connectivity index (χ0n) is 11.8. The molecule has 3 aliphatic heterocycles. The molecule has 2 N–H and O–H groups in total. The fourth-order valence-electron chi connectivity index (χ4n) is 3.78. The molecule has 3 rings (SSSR count). The number of urea groups is 1. The SMILES string of the molecule is O=C(O)CC1CN(C(=O)NC2CCN3CCCCC23)C1. The molecule has 0 saturated carbocycles. The number of carbonyl (C=O) groups excluding carboxylic acids is 1. The second-order valence-corrected chi connectivity index (χ2v) is 6.31. The third-order valence-corrected chi connectivity index (χ3v) is 4.87. The van der Waals surface area contributed by atoms with Gasteiger partial charge in [0.15, 0.2) is 0 Å². The molecule has 6 nitrogen and oxygen atoms in total. The number of amides is 2. The van der Waals surface area contributed by atoms with Gasteiger partial charge in [-0.1, -0.05) is 6.42 Å². The van der Waals surface area contributed by atoms with E-state index in [0.717, 1.165) is 13.0 Å². The topological polar surface area (TPSA) is 72.9 Å². The minimum Gasteiger partial charge on any atom is -0.481 e. The summed E-state index contributed by atoms with van der Waals surface area (Å²) in [6.45, 7) is 3.43. The van der Waals surface area contributed by atoms with Crippen molar-refractivity contribution in [3.8, 4) is 0 Å². The lowest BCUT2D eigenvalue weighted by molar-refractivity contribution is -0.139. The van der Waals surface area contributed by atoms with Crippen LogP contribution in [0.15, 0.2) is 0 Å². The fourth-order valence-corrected chi connectivity index (χ4v) is 3.78. The third-order valence-electron chi connectivity index (χ3n) is 4.87. The molecule has 2 atom stereocenters. The van der Waals surface area contributed by atoms with Crippen molar-refractivity contribution in [3.63, 3.8) is 0 Å². The number of aliphatic carboxylic acids is 1. The summed E-state index contributed by atoms with van der Waals surface area (Å²) in [4.78, 5) is 27.0. The van der Waals surface area contributed by atoms with Gasteiger partial charge in [0.1, 0.15) is 0 Å². The number of carbonyl (C=O) groups is 2. The van der Waals surface area contributed by atoms with Crippen molar-refractivity contribution in [3.05, 3.63) is 0 Å². The highest BCUT2D eigenvalue weighted by molar-refractivity contribution is 5.76. The van der Waals surface area contributed by atoms with Gasteiger partial charge in [-0.25, -0.2) is 4.79 Å². The van der Waals surface area contributed by atoms with Crippen molar-refractivity contribution in [1.82, 2.24) is 15.1 Å². The zero-order valence-corrected chi connectivity index (χ0v) is 11.8. The Morgan fingerprint density at radius 3 is 2.70 bits per heavy atom. The monoisotopic (exact) mass is 281 g/mol. The largest absolute Gasteiger partial charge is 0.481 e. The molecule has 2 amide bonds. The quantitative estimate of drug-likeness (QED) is 0.800. The minimum atomic E-state index is -0.774. The Balaban J connectivity index is 1.45. The summed E-state index contributed by atoms with van der Waals surface area (Å²) in [7, 11) is 0. The molecule has 0 radical (unpaired) electrons. The van der Waals surface area contributed by atoms with Crippen LogP contribution < -0.4 is 5.32 Å². The highest BCUT2D eigenvalue weighted by Crippen LogP contribution is 2.27. The standard InChI is InChI=1S/C14H23N3O3/c18-13(19)7-10-8-17(9-10)14(20)15-11-4-6-16-5-2-1-3-12(11)16/h10-12H,1-9H2,(H,15,20)(H,18,19). The second kappa shape index (κ2) is 5.60. The van der Waals surface area contributed by atoms with Gasteiger partial charge in [-0.2, -0.15) is 0 Å². The Labute approximate surface area is 119 Å². The van der Waals surface area contributed by atoms with Crippen LogP contribution >= 0.6 is 0 Å². The van der Waals surface area contributed by atoms with Crippen molar-refractivity contribution >= 4 is 12.0 Å². The van der Waals surface area contributed by atoms with E-state index in [2.05, 4.69) is 10.2 Å². The van der Waals surface area contributed by atoms with Gasteiger partial charge in [0.25, 0.3) is 0 Å². The summed E-state index contributed by atoms with van der Waals surface area (Å²) in [5.74, 6) is -0.642. The molecule has 6 heteroatoms. The molecule has 0 aliphatic carbocycles. The van der Waals surface area contributed by atoms with Crippen LogP contribution in [0.5, 0.6) is 0 Å². The summed E-state index contributed by atoms with van der Waals surface area (Å²) >= 11 is 0. The number of hydrogen-bond acceptors (Lipinski definition) is 3. The van der Waals surface area contributed by atoms with Crippen LogP contribution in [-0.4, -0.2) is 65.2 Å². The van der Waals surface area contributed by atoms with Gasteiger partial charge in [-0.05, 0) is 25.8 Å². The van der Waals surface area contributed by atoms with Crippen molar-refractivity contribution in [2.24, 2.45) is 5.92 Å². The molecule has 0 bridgehead atoms. The van der Waals surface area contributed by atoms with E-state index in [1.165, 1.54) is 25.8 Å². The molecule has 0 aromatic heterocycles. The highest BCUT2D eigenvalue weighted by atomic mass is 16.4. The molecule has 3 fully saturated rings. The van der Waals surface area contributed by atoms with E-state index in [0.29, 0.717) is 19.1 Å². The van der Waals surface area contributed by atoms with Crippen LogP contribution in [0, 0.1) is 5.92 Å². The molecule has 0 spiro atoms. The number of hydrogen-bond donors (Lipinski definition) is 2. The van der Waals surface area contributed by atoms with E-state index in [4.69, 9.17) is 5.11 Å². The number of rotatable bonds is 3. The normalized spacial score (nSPS) is 30.7. The summed E-state index contributed by atoms with van der Waals surface area (Å²) in [6, 6.07) is 0.786. The van der Waals surface area contributed by atoms with E-state index in [1.54, 1.807) is 4.90 Å². The Morgan fingerprint density at radius 2 is 1.95 bits per heavy atom. The Hall–Kier alpha value is -1.30. The fraction of sp³-hybridized carbons (Fsp3) is 0.857. The Kier molecular flexibility index (Phi) is 3.83. The van der Waals surface area contributed by atoms with Gasteiger partial charge in [0.05, 0.1) is 6.42 Å². The summed E-state index contributed by atoms with van der Waals surface area (Å²) < 4.78 is 0. The first-order valence-electron chi connectivity index (χ1n) is 7.65. The van der Waals surface area contributed by atoms with E-state index >= 15 is 0 Å². The lowest BCUT2D eigenvalue weighted by Gasteiger charge is -2.40. The van der Waals surface area contributed by atoms with Crippen LogP contribution in [0.3, 0.4) is 0 Å². The number of likely N-dealkylation sites (tertiary alicyclic amines) is 1. The van der Waals surface area contributed by atoms with Crippen LogP contribution in [0.1, 0.15) is 32.1 Å². The van der Waals surface area contributed by atoms with Crippen molar-refractivity contribution in [2.45, 2.75) is 44.2 Å². The maximum atomic E-state index is 12.1. The highest BCUT2D eigenvalue weighted by Gasteiger charge is 2.38. The first-order chi connectivity index (χ1) is 9.63. The van der Waals surface area contributed by atoms with Gasteiger partial charge in [0, 0.05) is 37.6 Å².